The van der Waals surface area contributed by atoms with E-state index in [9.17, 15) is 14.4 Å². The first-order valence-corrected chi connectivity index (χ1v) is 10.8. The van der Waals surface area contributed by atoms with Crippen LogP contribution in [-0.2, 0) is 14.4 Å². The lowest BCUT2D eigenvalue weighted by molar-refractivity contribution is -0.124. The Morgan fingerprint density at radius 2 is 1.70 bits per heavy atom. The number of para-hydroxylation sites is 2. The van der Waals surface area contributed by atoms with Crippen LogP contribution in [0.2, 0.25) is 0 Å². The molecule has 4 rings (SSSR count). The summed E-state index contributed by atoms with van der Waals surface area (Å²) in [6.07, 6.45) is 2.96. The van der Waals surface area contributed by atoms with Crippen molar-refractivity contribution in [2.45, 2.75) is 26.3 Å². The predicted octanol–water partition coefficient (Wildman–Crippen LogP) is 4.70. The van der Waals surface area contributed by atoms with Crippen LogP contribution in [0, 0.1) is 13.8 Å². The molecule has 0 unspecified atom stereocenters. The Hall–Kier alpha value is -4.19. The third kappa shape index (κ3) is 5.01. The first-order valence-electron chi connectivity index (χ1n) is 10.8. The average molecular weight is 440 g/mol. The Bertz CT molecular complexity index is 1230. The second kappa shape index (κ2) is 9.53. The summed E-state index contributed by atoms with van der Waals surface area (Å²) in [6.45, 7) is 3.97. The zero-order valence-corrected chi connectivity index (χ0v) is 18.5. The van der Waals surface area contributed by atoms with E-state index in [0.717, 1.165) is 16.7 Å². The maximum Gasteiger partial charge on any atom is 0.251 e. The van der Waals surface area contributed by atoms with E-state index in [-0.39, 0.29) is 18.2 Å². The molecule has 33 heavy (non-hydrogen) atoms. The maximum absolute atomic E-state index is 13.2. The van der Waals surface area contributed by atoms with Crippen molar-refractivity contribution in [3.63, 3.8) is 0 Å². The minimum Gasteiger partial charge on any atom is -0.326 e. The van der Waals surface area contributed by atoms with Gasteiger partial charge in [-0.2, -0.15) is 0 Å². The van der Waals surface area contributed by atoms with Crippen LogP contribution >= 0.6 is 0 Å². The van der Waals surface area contributed by atoms with E-state index in [1.165, 1.54) is 11.0 Å². The molecule has 2 N–H and O–H groups in total. The summed E-state index contributed by atoms with van der Waals surface area (Å²) in [4.78, 5) is 40.4. The van der Waals surface area contributed by atoms with Crippen LogP contribution in [0.5, 0.6) is 0 Å². The summed E-state index contributed by atoms with van der Waals surface area (Å²) in [7, 11) is 0. The number of hydrogen-bond acceptors (Lipinski definition) is 3. The first-order chi connectivity index (χ1) is 15.9. The Labute approximate surface area is 192 Å². The second-order valence-electron chi connectivity index (χ2n) is 8.03. The van der Waals surface area contributed by atoms with E-state index >= 15 is 0 Å². The number of nitrogens with zero attached hydrogens (tertiary/aromatic N) is 1. The van der Waals surface area contributed by atoms with E-state index < -0.39 is 11.9 Å². The van der Waals surface area contributed by atoms with Crippen LogP contribution in [0.25, 0.3) is 6.08 Å². The molecule has 6 heteroatoms. The first kappa shape index (κ1) is 22.0. The van der Waals surface area contributed by atoms with Crippen LogP contribution < -0.4 is 15.5 Å². The zero-order valence-electron chi connectivity index (χ0n) is 18.5. The van der Waals surface area contributed by atoms with Crippen LogP contribution in [0.4, 0.5) is 17.1 Å². The molecular formula is C27H25N3O3. The molecule has 0 aliphatic carbocycles. The molecule has 6 nitrogen and oxygen atoms in total. The summed E-state index contributed by atoms with van der Waals surface area (Å²) in [5, 5.41) is 5.66. The summed E-state index contributed by atoms with van der Waals surface area (Å²) < 4.78 is 0. The van der Waals surface area contributed by atoms with Crippen LogP contribution in [-0.4, -0.2) is 23.8 Å². The average Bonchev–Trinajstić information content (AvgIpc) is 2.81. The number of hydrogen-bond donors (Lipinski definition) is 2. The number of aryl methyl sites for hydroxylation is 2. The maximum atomic E-state index is 13.2. The minimum atomic E-state index is -0.973. The number of anilines is 3. The number of carbonyl (C=O) groups is 3. The van der Waals surface area contributed by atoms with Gasteiger partial charge in [-0.25, -0.2) is 0 Å². The van der Waals surface area contributed by atoms with E-state index in [1.807, 2.05) is 62.4 Å². The summed E-state index contributed by atoms with van der Waals surface area (Å²) in [6, 6.07) is 21.2. The van der Waals surface area contributed by atoms with Gasteiger partial charge in [0.2, 0.25) is 11.8 Å². The largest absolute Gasteiger partial charge is 0.326 e. The highest BCUT2D eigenvalue weighted by Gasteiger charge is 2.37. The lowest BCUT2D eigenvalue weighted by Gasteiger charge is -2.35. The zero-order chi connectivity index (χ0) is 23.4. The van der Waals surface area contributed by atoms with Crippen molar-refractivity contribution in [2.24, 2.45) is 0 Å². The van der Waals surface area contributed by atoms with Gasteiger partial charge in [-0.05, 0) is 60.9 Å². The van der Waals surface area contributed by atoms with Crippen molar-refractivity contribution in [3.8, 4) is 0 Å². The van der Waals surface area contributed by atoms with Gasteiger partial charge in [0.25, 0.3) is 5.91 Å². The monoisotopic (exact) mass is 439 g/mol. The summed E-state index contributed by atoms with van der Waals surface area (Å²) in [5.74, 6) is -1.11. The molecule has 1 aliphatic heterocycles. The standard InChI is InChI=1S/C27H25N3O3/c1-18-12-14-21(16-19(18)2)28-25(31)17-24-27(33)29-22-10-6-7-11-23(22)30(24)26(32)15-13-20-8-4-3-5-9-20/h3-16,24H,17H2,1-2H3,(H,28,31)(H,29,33)/b15-13+/t24-/m0/s1. The molecule has 1 heterocycles. The number of fused-ring (bicyclic) bond motifs is 1. The normalized spacial score (nSPS) is 15.2. The van der Waals surface area contributed by atoms with Gasteiger partial charge in [0.05, 0.1) is 17.8 Å². The molecule has 0 saturated heterocycles. The smallest absolute Gasteiger partial charge is 0.251 e. The molecule has 0 saturated carbocycles. The molecule has 1 atom stereocenters. The van der Waals surface area contributed by atoms with Crippen LogP contribution in [0.15, 0.2) is 78.9 Å². The predicted molar refractivity (Wildman–Crippen MR) is 131 cm³/mol. The highest BCUT2D eigenvalue weighted by atomic mass is 16.2. The fourth-order valence-corrected chi connectivity index (χ4v) is 3.77. The lowest BCUT2D eigenvalue weighted by atomic mass is 10.0. The molecule has 166 valence electrons. The third-order valence-corrected chi connectivity index (χ3v) is 5.66. The minimum absolute atomic E-state index is 0.169. The van der Waals surface area contributed by atoms with E-state index in [1.54, 1.807) is 30.3 Å². The van der Waals surface area contributed by atoms with E-state index in [0.29, 0.717) is 17.1 Å². The highest BCUT2D eigenvalue weighted by Crippen LogP contribution is 2.33. The van der Waals surface area contributed by atoms with Crippen molar-refractivity contribution in [1.82, 2.24) is 0 Å². The van der Waals surface area contributed by atoms with E-state index in [2.05, 4.69) is 10.6 Å². The third-order valence-electron chi connectivity index (χ3n) is 5.66. The van der Waals surface area contributed by atoms with Crippen molar-refractivity contribution < 1.29 is 14.4 Å². The Morgan fingerprint density at radius 1 is 0.970 bits per heavy atom. The molecular weight excluding hydrogens is 414 g/mol. The van der Waals surface area contributed by atoms with Gasteiger partial charge < -0.3 is 10.6 Å². The van der Waals surface area contributed by atoms with Gasteiger partial charge in [0, 0.05) is 11.8 Å². The van der Waals surface area contributed by atoms with Gasteiger partial charge in [-0.1, -0.05) is 48.5 Å². The van der Waals surface area contributed by atoms with Gasteiger partial charge in [0.1, 0.15) is 6.04 Å². The quantitative estimate of drug-likeness (QED) is 0.566. The molecule has 3 aromatic carbocycles. The van der Waals surface area contributed by atoms with Crippen molar-refractivity contribution in [1.29, 1.82) is 0 Å². The molecule has 0 fully saturated rings. The number of benzene rings is 3. The Balaban J connectivity index is 1.59. The van der Waals surface area contributed by atoms with Crippen molar-refractivity contribution in [2.75, 3.05) is 15.5 Å². The Morgan fingerprint density at radius 3 is 2.45 bits per heavy atom. The van der Waals surface area contributed by atoms with Gasteiger partial charge in [-0.3, -0.25) is 19.3 Å². The fraction of sp³-hybridized carbons (Fsp3) is 0.148. The number of amides is 3. The van der Waals surface area contributed by atoms with E-state index in [4.69, 9.17) is 0 Å². The number of nitrogens with one attached hydrogen (secondary N) is 2. The van der Waals surface area contributed by atoms with Crippen molar-refractivity contribution in [3.05, 3.63) is 95.6 Å². The molecule has 0 aromatic heterocycles. The lowest BCUT2D eigenvalue weighted by Crippen LogP contribution is -2.52. The SMILES string of the molecule is Cc1ccc(NC(=O)C[C@H]2C(=O)Nc3ccccc3N2C(=O)/C=C/c2ccccc2)cc1C. The van der Waals surface area contributed by atoms with Gasteiger partial charge >= 0.3 is 0 Å². The topological polar surface area (TPSA) is 78.5 Å². The van der Waals surface area contributed by atoms with Crippen LogP contribution in [0.1, 0.15) is 23.1 Å². The fourth-order valence-electron chi connectivity index (χ4n) is 3.77. The van der Waals surface area contributed by atoms with Crippen molar-refractivity contribution >= 4 is 40.9 Å². The molecule has 0 spiro atoms. The van der Waals surface area contributed by atoms with Crippen LogP contribution in [0.3, 0.4) is 0 Å². The Kier molecular flexibility index (Phi) is 6.36. The number of rotatable bonds is 5. The molecule has 1 aliphatic rings. The molecule has 0 bridgehead atoms. The molecule has 3 amide bonds. The van der Waals surface area contributed by atoms with Gasteiger partial charge in [-0.15, -0.1) is 0 Å². The summed E-state index contributed by atoms with van der Waals surface area (Å²) in [5.41, 5.74) is 4.79. The number of carbonyl (C=O) groups excluding carboxylic acids is 3. The second-order valence-corrected chi connectivity index (χ2v) is 8.03. The molecule has 0 radical (unpaired) electrons. The highest BCUT2D eigenvalue weighted by molar-refractivity contribution is 6.16. The summed E-state index contributed by atoms with van der Waals surface area (Å²) >= 11 is 0. The van der Waals surface area contributed by atoms with Gasteiger partial charge in [0.15, 0.2) is 0 Å². The molecule has 3 aromatic rings.